The molecule has 30 heavy (non-hydrogen) atoms. The molecule has 1 spiro atoms. The highest BCUT2D eigenvalue weighted by molar-refractivity contribution is 6.02. The number of piperidine rings is 1. The van der Waals surface area contributed by atoms with Crippen LogP contribution in [0, 0.1) is 6.92 Å². The third-order valence-corrected chi connectivity index (χ3v) is 6.36. The number of hydrazone groups is 1. The van der Waals surface area contributed by atoms with Gasteiger partial charge in [-0.15, -0.1) is 0 Å². The number of fused-ring (bicyclic) bond motifs is 4. The van der Waals surface area contributed by atoms with E-state index in [9.17, 15) is 4.79 Å². The zero-order valence-corrected chi connectivity index (χ0v) is 17.5. The number of likely N-dealkylation sites (tertiary alicyclic amines) is 1. The number of ether oxygens (including phenoxy) is 2. The lowest BCUT2D eigenvalue weighted by molar-refractivity contribution is -0.147. The quantitative estimate of drug-likeness (QED) is 0.739. The van der Waals surface area contributed by atoms with Crippen LogP contribution >= 0.6 is 0 Å². The number of carbonyl (C=O) groups excluding carboxylic acids is 1. The van der Waals surface area contributed by atoms with E-state index in [1.807, 2.05) is 13.0 Å². The molecule has 0 bridgehead atoms. The number of aryl methyl sites for hydroxylation is 1. The molecular formula is C24H27N3O3. The van der Waals surface area contributed by atoms with Crippen molar-refractivity contribution >= 4 is 11.8 Å². The zero-order valence-electron chi connectivity index (χ0n) is 17.5. The van der Waals surface area contributed by atoms with Crippen LogP contribution in [0.2, 0.25) is 0 Å². The predicted molar refractivity (Wildman–Crippen MR) is 115 cm³/mol. The van der Waals surface area contributed by atoms with Gasteiger partial charge in [0.15, 0.2) is 0 Å². The SMILES string of the molecule is CCOC(=O)N1CCC2(CC1)Oc1ccccc1[C@@H]1CC(c3ccc(C)cc3)=NN12. The molecule has 2 aromatic rings. The van der Waals surface area contributed by atoms with Gasteiger partial charge in [-0.25, -0.2) is 9.80 Å². The van der Waals surface area contributed by atoms with E-state index in [0.717, 1.165) is 23.4 Å². The molecule has 156 valence electrons. The minimum absolute atomic E-state index is 0.153. The molecule has 1 atom stereocenters. The van der Waals surface area contributed by atoms with Gasteiger partial charge in [-0.2, -0.15) is 5.10 Å². The number of hydrogen-bond donors (Lipinski definition) is 0. The molecule has 0 saturated carbocycles. The van der Waals surface area contributed by atoms with Gasteiger partial charge in [0.1, 0.15) is 5.75 Å². The van der Waals surface area contributed by atoms with Crippen LogP contribution in [-0.4, -0.2) is 47.1 Å². The first-order valence-corrected chi connectivity index (χ1v) is 10.7. The normalized spacial score (nSPS) is 21.5. The fourth-order valence-electron chi connectivity index (χ4n) is 4.73. The van der Waals surface area contributed by atoms with Gasteiger partial charge in [0.05, 0.1) is 18.4 Å². The summed E-state index contributed by atoms with van der Waals surface area (Å²) in [5, 5.41) is 7.26. The van der Waals surface area contributed by atoms with Gasteiger partial charge in [-0.05, 0) is 25.5 Å². The number of benzene rings is 2. The van der Waals surface area contributed by atoms with Gasteiger partial charge in [0.2, 0.25) is 5.72 Å². The van der Waals surface area contributed by atoms with Crippen LogP contribution in [0.25, 0.3) is 0 Å². The molecule has 1 saturated heterocycles. The van der Waals surface area contributed by atoms with Gasteiger partial charge in [0, 0.05) is 37.9 Å². The van der Waals surface area contributed by atoms with Crippen LogP contribution in [0.1, 0.15) is 48.9 Å². The first kappa shape index (κ1) is 19.0. The summed E-state index contributed by atoms with van der Waals surface area (Å²) in [6.07, 6.45) is 2.00. The Morgan fingerprint density at radius 1 is 1.17 bits per heavy atom. The summed E-state index contributed by atoms with van der Waals surface area (Å²) in [4.78, 5) is 14.0. The Balaban J connectivity index is 1.47. The topological polar surface area (TPSA) is 54.4 Å². The van der Waals surface area contributed by atoms with Gasteiger partial charge >= 0.3 is 6.09 Å². The highest BCUT2D eigenvalue weighted by Gasteiger charge is 2.52. The molecule has 2 aromatic carbocycles. The number of rotatable bonds is 2. The van der Waals surface area contributed by atoms with Gasteiger partial charge in [-0.1, -0.05) is 48.0 Å². The molecule has 3 aliphatic heterocycles. The predicted octanol–water partition coefficient (Wildman–Crippen LogP) is 4.49. The highest BCUT2D eigenvalue weighted by Crippen LogP contribution is 2.49. The third-order valence-electron chi connectivity index (χ3n) is 6.36. The summed E-state index contributed by atoms with van der Waals surface area (Å²) < 4.78 is 11.8. The Morgan fingerprint density at radius 3 is 2.63 bits per heavy atom. The second-order valence-electron chi connectivity index (χ2n) is 8.25. The molecule has 0 aromatic heterocycles. The van der Waals surface area contributed by atoms with Crippen molar-refractivity contribution < 1.29 is 14.3 Å². The number of amides is 1. The summed E-state index contributed by atoms with van der Waals surface area (Å²) in [6, 6.07) is 17.0. The fourth-order valence-corrected chi connectivity index (χ4v) is 4.73. The molecule has 5 rings (SSSR count). The molecule has 0 radical (unpaired) electrons. The average Bonchev–Trinajstić information content (AvgIpc) is 3.22. The van der Waals surface area contributed by atoms with Crippen LogP contribution in [0.3, 0.4) is 0 Å². The molecular weight excluding hydrogens is 378 g/mol. The average molecular weight is 405 g/mol. The molecule has 0 aliphatic carbocycles. The molecule has 0 N–H and O–H groups in total. The Bertz CT molecular complexity index is 977. The molecule has 6 nitrogen and oxygen atoms in total. The maximum absolute atomic E-state index is 12.2. The maximum atomic E-state index is 12.2. The lowest BCUT2D eigenvalue weighted by atomic mass is 9.91. The van der Waals surface area contributed by atoms with Crippen molar-refractivity contribution in [3.05, 3.63) is 65.2 Å². The number of para-hydroxylation sites is 1. The smallest absolute Gasteiger partial charge is 0.409 e. The molecule has 1 fully saturated rings. The molecule has 0 unspecified atom stereocenters. The monoisotopic (exact) mass is 405 g/mol. The summed E-state index contributed by atoms with van der Waals surface area (Å²) >= 11 is 0. The largest absolute Gasteiger partial charge is 0.466 e. The molecule has 3 heterocycles. The van der Waals surface area contributed by atoms with Crippen molar-refractivity contribution in [2.45, 2.75) is 44.9 Å². The standard InChI is InChI=1S/C24H27N3O3/c1-3-29-23(28)26-14-12-24(13-15-26)27-21(19-6-4-5-7-22(19)30-24)16-20(25-27)18-10-8-17(2)9-11-18/h4-11,21H,3,12-16H2,1-2H3/t21-/m0/s1. The Hall–Kier alpha value is -3.02. The van der Waals surface area contributed by atoms with Gasteiger partial charge in [0.25, 0.3) is 0 Å². The van der Waals surface area contributed by atoms with Crippen molar-refractivity contribution in [3.8, 4) is 5.75 Å². The van der Waals surface area contributed by atoms with Gasteiger partial charge in [-0.3, -0.25) is 0 Å². The van der Waals surface area contributed by atoms with Crippen molar-refractivity contribution in [3.63, 3.8) is 0 Å². The van der Waals surface area contributed by atoms with Crippen LogP contribution in [0.5, 0.6) is 5.75 Å². The Morgan fingerprint density at radius 2 is 1.90 bits per heavy atom. The van der Waals surface area contributed by atoms with Crippen LogP contribution < -0.4 is 4.74 Å². The fraction of sp³-hybridized carbons (Fsp3) is 0.417. The first-order chi connectivity index (χ1) is 14.6. The van der Waals surface area contributed by atoms with Crippen molar-refractivity contribution in [1.29, 1.82) is 0 Å². The number of nitrogens with zero attached hydrogens (tertiary/aromatic N) is 3. The second kappa shape index (κ2) is 7.35. The van der Waals surface area contributed by atoms with E-state index < -0.39 is 5.72 Å². The summed E-state index contributed by atoms with van der Waals surface area (Å²) in [5.41, 5.74) is 4.14. The number of hydrogen-bond acceptors (Lipinski definition) is 5. The number of carbonyl (C=O) groups is 1. The molecule has 3 aliphatic rings. The van der Waals surface area contributed by atoms with Crippen molar-refractivity contribution in [2.24, 2.45) is 5.10 Å². The van der Waals surface area contributed by atoms with E-state index >= 15 is 0 Å². The minimum Gasteiger partial charge on any atom is -0.466 e. The lowest BCUT2D eigenvalue weighted by Gasteiger charge is -2.50. The Labute approximate surface area is 177 Å². The summed E-state index contributed by atoms with van der Waals surface area (Å²) in [5.74, 6) is 0.934. The van der Waals surface area contributed by atoms with Gasteiger partial charge < -0.3 is 14.4 Å². The van der Waals surface area contributed by atoms with Crippen LogP contribution in [0.4, 0.5) is 4.79 Å². The van der Waals surface area contributed by atoms with E-state index in [4.69, 9.17) is 14.6 Å². The van der Waals surface area contributed by atoms with Crippen LogP contribution in [0.15, 0.2) is 53.6 Å². The Kier molecular flexibility index (Phi) is 4.65. The molecule has 1 amide bonds. The van der Waals surface area contributed by atoms with Crippen molar-refractivity contribution in [2.75, 3.05) is 19.7 Å². The third kappa shape index (κ3) is 3.11. The maximum Gasteiger partial charge on any atom is 0.409 e. The highest BCUT2D eigenvalue weighted by atomic mass is 16.6. The van der Waals surface area contributed by atoms with E-state index in [2.05, 4.69) is 54.4 Å². The zero-order chi connectivity index (χ0) is 20.7. The van der Waals surface area contributed by atoms with Crippen molar-refractivity contribution in [1.82, 2.24) is 9.91 Å². The summed E-state index contributed by atoms with van der Waals surface area (Å²) in [7, 11) is 0. The van der Waals surface area contributed by atoms with E-state index in [-0.39, 0.29) is 12.1 Å². The van der Waals surface area contributed by atoms with Crippen LogP contribution in [-0.2, 0) is 4.74 Å². The second-order valence-corrected chi connectivity index (χ2v) is 8.25. The summed E-state index contributed by atoms with van der Waals surface area (Å²) in [6.45, 7) is 5.52. The van der Waals surface area contributed by atoms with E-state index in [1.165, 1.54) is 11.1 Å². The van der Waals surface area contributed by atoms with E-state index in [1.54, 1.807) is 4.90 Å². The molecule has 6 heteroatoms. The van der Waals surface area contributed by atoms with E-state index in [0.29, 0.717) is 32.5 Å². The minimum atomic E-state index is -0.533. The lowest BCUT2D eigenvalue weighted by Crippen LogP contribution is -2.59. The first-order valence-electron chi connectivity index (χ1n) is 10.7.